The standard InChI is InChI=1S/C17H28O2/c1-5-8-15(9-6-2)19-16-10-11-17(14(4)13-16)18-12-7-3/h10-11,13,15H,5-9,12H2,1-4H3. The van der Waals surface area contributed by atoms with Crippen molar-refractivity contribution in [2.45, 2.75) is 65.9 Å². The van der Waals surface area contributed by atoms with E-state index in [1.165, 1.54) is 12.8 Å². The van der Waals surface area contributed by atoms with Crippen molar-refractivity contribution < 1.29 is 9.47 Å². The van der Waals surface area contributed by atoms with E-state index in [1.807, 2.05) is 12.1 Å². The van der Waals surface area contributed by atoms with E-state index < -0.39 is 0 Å². The van der Waals surface area contributed by atoms with E-state index in [0.717, 1.165) is 42.9 Å². The van der Waals surface area contributed by atoms with E-state index in [0.29, 0.717) is 6.10 Å². The SMILES string of the molecule is CCCOc1ccc(OC(CCC)CCC)cc1C. The molecule has 0 aliphatic heterocycles. The number of hydrogen-bond acceptors (Lipinski definition) is 2. The average Bonchev–Trinajstić information content (AvgIpc) is 2.38. The van der Waals surface area contributed by atoms with Crippen LogP contribution < -0.4 is 9.47 Å². The van der Waals surface area contributed by atoms with Crippen LogP contribution in [0.25, 0.3) is 0 Å². The largest absolute Gasteiger partial charge is 0.493 e. The van der Waals surface area contributed by atoms with Gasteiger partial charge in [0.15, 0.2) is 0 Å². The van der Waals surface area contributed by atoms with Gasteiger partial charge in [-0.15, -0.1) is 0 Å². The Balaban J connectivity index is 2.65. The van der Waals surface area contributed by atoms with Crippen molar-refractivity contribution in [3.8, 4) is 11.5 Å². The van der Waals surface area contributed by atoms with E-state index in [-0.39, 0.29) is 0 Å². The highest BCUT2D eigenvalue weighted by Gasteiger charge is 2.09. The van der Waals surface area contributed by atoms with Gasteiger partial charge in [-0.05, 0) is 49.9 Å². The maximum atomic E-state index is 6.08. The Bertz CT molecular complexity index is 354. The molecule has 0 bridgehead atoms. The summed E-state index contributed by atoms with van der Waals surface area (Å²) in [5.74, 6) is 1.94. The van der Waals surface area contributed by atoms with Gasteiger partial charge in [-0.1, -0.05) is 33.6 Å². The van der Waals surface area contributed by atoms with Gasteiger partial charge < -0.3 is 9.47 Å². The fourth-order valence-electron chi connectivity index (χ4n) is 2.17. The summed E-state index contributed by atoms with van der Waals surface area (Å²) in [5.41, 5.74) is 1.15. The summed E-state index contributed by atoms with van der Waals surface area (Å²) in [4.78, 5) is 0. The summed E-state index contributed by atoms with van der Waals surface area (Å²) >= 11 is 0. The third kappa shape index (κ3) is 5.54. The summed E-state index contributed by atoms with van der Waals surface area (Å²) < 4.78 is 11.8. The van der Waals surface area contributed by atoms with Crippen molar-refractivity contribution in [2.75, 3.05) is 6.61 Å². The maximum absolute atomic E-state index is 6.08. The van der Waals surface area contributed by atoms with Crippen LogP contribution in [0.2, 0.25) is 0 Å². The highest BCUT2D eigenvalue weighted by atomic mass is 16.5. The highest BCUT2D eigenvalue weighted by molar-refractivity contribution is 5.39. The molecule has 0 aliphatic rings. The molecule has 0 saturated carbocycles. The Labute approximate surface area is 118 Å². The van der Waals surface area contributed by atoms with Gasteiger partial charge in [-0.2, -0.15) is 0 Å². The molecule has 19 heavy (non-hydrogen) atoms. The minimum absolute atomic E-state index is 0.344. The first-order valence-electron chi connectivity index (χ1n) is 7.61. The van der Waals surface area contributed by atoms with Gasteiger partial charge in [0, 0.05) is 0 Å². The summed E-state index contributed by atoms with van der Waals surface area (Å²) in [6, 6.07) is 6.13. The first-order chi connectivity index (χ1) is 9.21. The van der Waals surface area contributed by atoms with Crippen LogP contribution in [0.4, 0.5) is 0 Å². The minimum atomic E-state index is 0.344. The molecule has 0 aromatic heterocycles. The van der Waals surface area contributed by atoms with Gasteiger partial charge >= 0.3 is 0 Å². The molecule has 0 radical (unpaired) electrons. The van der Waals surface area contributed by atoms with Crippen molar-refractivity contribution in [3.63, 3.8) is 0 Å². The molecule has 0 heterocycles. The molecule has 1 aromatic rings. The first-order valence-corrected chi connectivity index (χ1v) is 7.61. The van der Waals surface area contributed by atoms with Gasteiger partial charge in [0.05, 0.1) is 12.7 Å². The van der Waals surface area contributed by atoms with Crippen LogP contribution in [-0.2, 0) is 0 Å². The predicted molar refractivity (Wildman–Crippen MR) is 81.2 cm³/mol. The molecule has 0 saturated heterocycles. The number of ether oxygens (including phenoxy) is 2. The fourth-order valence-corrected chi connectivity index (χ4v) is 2.17. The zero-order chi connectivity index (χ0) is 14.1. The topological polar surface area (TPSA) is 18.5 Å². The average molecular weight is 264 g/mol. The highest BCUT2D eigenvalue weighted by Crippen LogP contribution is 2.25. The lowest BCUT2D eigenvalue weighted by molar-refractivity contribution is 0.178. The number of aryl methyl sites for hydroxylation is 1. The van der Waals surface area contributed by atoms with E-state index >= 15 is 0 Å². The second-order valence-corrected chi connectivity index (χ2v) is 5.09. The Morgan fingerprint density at radius 3 is 2.21 bits per heavy atom. The Morgan fingerprint density at radius 1 is 1.00 bits per heavy atom. The molecule has 1 aromatic carbocycles. The van der Waals surface area contributed by atoms with Crippen molar-refractivity contribution in [1.29, 1.82) is 0 Å². The van der Waals surface area contributed by atoms with Crippen molar-refractivity contribution in [3.05, 3.63) is 23.8 Å². The molecular formula is C17H28O2. The smallest absolute Gasteiger partial charge is 0.122 e. The lowest BCUT2D eigenvalue weighted by atomic mass is 10.1. The molecule has 0 fully saturated rings. The zero-order valence-electron chi connectivity index (χ0n) is 12.9. The monoisotopic (exact) mass is 264 g/mol. The third-order valence-electron chi connectivity index (χ3n) is 3.13. The molecular weight excluding hydrogens is 236 g/mol. The van der Waals surface area contributed by atoms with E-state index in [2.05, 4.69) is 33.8 Å². The number of rotatable bonds is 9. The van der Waals surface area contributed by atoms with Crippen molar-refractivity contribution >= 4 is 0 Å². The van der Waals surface area contributed by atoms with Crippen LogP contribution in [-0.4, -0.2) is 12.7 Å². The lowest BCUT2D eigenvalue weighted by Crippen LogP contribution is -2.15. The van der Waals surface area contributed by atoms with Gasteiger partial charge in [0.25, 0.3) is 0 Å². The van der Waals surface area contributed by atoms with Crippen LogP contribution in [0.1, 0.15) is 58.4 Å². The van der Waals surface area contributed by atoms with Crippen LogP contribution in [0.15, 0.2) is 18.2 Å². The van der Waals surface area contributed by atoms with Gasteiger partial charge in [-0.25, -0.2) is 0 Å². The third-order valence-corrected chi connectivity index (χ3v) is 3.13. The number of benzene rings is 1. The molecule has 0 amide bonds. The first kappa shape index (κ1) is 15.9. The Hall–Kier alpha value is -1.18. The second-order valence-electron chi connectivity index (χ2n) is 5.09. The van der Waals surface area contributed by atoms with Gasteiger partial charge in [-0.3, -0.25) is 0 Å². The minimum Gasteiger partial charge on any atom is -0.493 e. The van der Waals surface area contributed by atoms with E-state index in [4.69, 9.17) is 9.47 Å². The van der Waals surface area contributed by atoms with Crippen molar-refractivity contribution in [1.82, 2.24) is 0 Å². The fraction of sp³-hybridized carbons (Fsp3) is 0.647. The van der Waals surface area contributed by atoms with Crippen molar-refractivity contribution in [2.24, 2.45) is 0 Å². The number of hydrogen-bond donors (Lipinski definition) is 0. The second kappa shape index (κ2) is 8.84. The summed E-state index contributed by atoms with van der Waals surface area (Å²) in [7, 11) is 0. The summed E-state index contributed by atoms with van der Waals surface area (Å²) in [6.07, 6.45) is 5.97. The molecule has 108 valence electrons. The van der Waals surface area contributed by atoms with Crippen LogP contribution in [0.3, 0.4) is 0 Å². The van der Waals surface area contributed by atoms with E-state index in [1.54, 1.807) is 0 Å². The van der Waals surface area contributed by atoms with Crippen LogP contribution >= 0.6 is 0 Å². The zero-order valence-corrected chi connectivity index (χ0v) is 12.9. The lowest BCUT2D eigenvalue weighted by Gasteiger charge is -2.19. The Morgan fingerprint density at radius 2 is 1.68 bits per heavy atom. The molecule has 0 N–H and O–H groups in total. The van der Waals surface area contributed by atoms with Crippen LogP contribution in [0.5, 0.6) is 11.5 Å². The molecule has 1 rings (SSSR count). The molecule has 0 unspecified atom stereocenters. The molecule has 0 aliphatic carbocycles. The molecule has 2 nitrogen and oxygen atoms in total. The predicted octanol–water partition coefficient (Wildman–Crippen LogP) is 5.13. The molecule has 2 heteroatoms. The molecule has 0 atom stereocenters. The van der Waals surface area contributed by atoms with Gasteiger partial charge in [0.2, 0.25) is 0 Å². The maximum Gasteiger partial charge on any atom is 0.122 e. The summed E-state index contributed by atoms with van der Waals surface area (Å²) in [5, 5.41) is 0. The van der Waals surface area contributed by atoms with Crippen LogP contribution in [0, 0.1) is 6.92 Å². The summed E-state index contributed by atoms with van der Waals surface area (Å²) in [6.45, 7) is 9.38. The van der Waals surface area contributed by atoms with Gasteiger partial charge in [0.1, 0.15) is 11.5 Å². The quantitative estimate of drug-likeness (QED) is 0.615. The van der Waals surface area contributed by atoms with E-state index in [9.17, 15) is 0 Å². The Kier molecular flexibility index (Phi) is 7.39. The molecule has 0 spiro atoms. The normalized spacial score (nSPS) is 10.8.